The van der Waals surface area contributed by atoms with Gasteiger partial charge in [0.15, 0.2) is 10.8 Å². The highest BCUT2D eigenvalue weighted by Crippen LogP contribution is 2.30. The van der Waals surface area contributed by atoms with Gasteiger partial charge in [-0.2, -0.15) is 13.2 Å². The van der Waals surface area contributed by atoms with Crippen molar-refractivity contribution in [1.82, 2.24) is 19.9 Å². The third-order valence-electron chi connectivity index (χ3n) is 3.99. The van der Waals surface area contributed by atoms with E-state index in [1.165, 1.54) is 6.92 Å². The number of amides is 1. The number of nitrogens with zero attached hydrogens (tertiary/aromatic N) is 3. The van der Waals surface area contributed by atoms with Gasteiger partial charge < -0.3 is 10.1 Å². The Kier molecular flexibility index (Phi) is 5.18. The second kappa shape index (κ2) is 7.26. The molecule has 1 amide bonds. The van der Waals surface area contributed by atoms with Crippen molar-refractivity contribution >= 4 is 34.2 Å². The average molecular weight is 398 g/mol. The van der Waals surface area contributed by atoms with Gasteiger partial charge in [0.05, 0.1) is 17.9 Å². The van der Waals surface area contributed by atoms with Crippen LogP contribution >= 0.6 is 11.8 Å². The SMILES string of the molecule is COc1ccc2c(C)cc3nnc(SC(C)C(=O)NCC(F)(F)F)n3c2c1. The highest BCUT2D eigenvalue weighted by molar-refractivity contribution is 8.00. The first kappa shape index (κ1) is 19.3. The summed E-state index contributed by atoms with van der Waals surface area (Å²) in [5.41, 5.74) is 2.37. The van der Waals surface area contributed by atoms with Crippen molar-refractivity contribution in [3.63, 3.8) is 0 Å². The van der Waals surface area contributed by atoms with E-state index in [2.05, 4.69) is 10.2 Å². The summed E-state index contributed by atoms with van der Waals surface area (Å²) >= 11 is 1.04. The second-order valence-corrected chi connectivity index (χ2v) is 7.29. The number of thioether (sulfide) groups is 1. The van der Waals surface area contributed by atoms with E-state index in [4.69, 9.17) is 4.74 Å². The first-order chi connectivity index (χ1) is 12.7. The van der Waals surface area contributed by atoms with Gasteiger partial charge in [0.25, 0.3) is 0 Å². The van der Waals surface area contributed by atoms with E-state index < -0.39 is 23.9 Å². The lowest BCUT2D eigenvalue weighted by molar-refractivity contribution is -0.137. The van der Waals surface area contributed by atoms with Crippen LogP contribution in [0, 0.1) is 6.92 Å². The van der Waals surface area contributed by atoms with Gasteiger partial charge in [-0.1, -0.05) is 11.8 Å². The number of aryl methyl sites for hydroxylation is 1. The molecule has 27 heavy (non-hydrogen) atoms. The summed E-state index contributed by atoms with van der Waals surface area (Å²) in [4.78, 5) is 12.0. The third-order valence-corrected chi connectivity index (χ3v) is 5.03. The Morgan fingerprint density at radius 2 is 2.07 bits per heavy atom. The molecule has 0 spiro atoms. The van der Waals surface area contributed by atoms with E-state index >= 15 is 0 Å². The Morgan fingerprint density at radius 1 is 1.33 bits per heavy atom. The number of benzene rings is 1. The zero-order chi connectivity index (χ0) is 19.8. The van der Waals surface area contributed by atoms with Gasteiger partial charge in [-0.05, 0) is 37.6 Å². The van der Waals surface area contributed by atoms with Crippen LogP contribution in [0.5, 0.6) is 5.75 Å². The highest BCUT2D eigenvalue weighted by Gasteiger charge is 2.29. The summed E-state index contributed by atoms with van der Waals surface area (Å²) in [6, 6.07) is 7.44. The summed E-state index contributed by atoms with van der Waals surface area (Å²) in [5, 5.41) is 10.7. The van der Waals surface area contributed by atoms with Crippen LogP contribution < -0.4 is 10.1 Å². The van der Waals surface area contributed by atoms with Crippen LogP contribution in [-0.2, 0) is 4.79 Å². The predicted molar refractivity (Wildman–Crippen MR) is 96.2 cm³/mol. The molecule has 0 aliphatic heterocycles. The minimum absolute atomic E-state index is 0.415. The molecule has 10 heteroatoms. The molecule has 3 aromatic rings. The van der Waals surface area contributed by atoms with E-state index in [9.17, 15) is 18.0 Å². The van der Waals surface area contributed by atoms with E-state index in [-0.39, 0.29) is 0 Å². The normalized spacial score (nSPS) is 13.1. The summed E-state index contributed by atoms with van der Waals surface area (Å²) in [6.07, 6.45) is -4.45. The monoisotopic (exact) mass is 398 g/mol. The number of methoxy groups -OCH3 is 1. The number of halogens is 3. The summed E-state index contributed by atoms with van der Waals surface area (Å²) in [5.74, 6) is -0.0712. The molecule has 144 valence electrons. The summed E-state index contributed by atoms with van der Waals surface area (Å²) in [7, 11) is 1.56. The van der Waals surface area contributed by atoms with E-state index in [0.717, 1.165) is 28.2 Å². The maximum atomic E-state index is 12.3. The van der Waals surface area contributed by atoms with E-state index in [0.29, 0.717) is 16.6 Å². The lowest BCUT2D eigenvalue weighted by atomic mass is 10.1. The van der Waals surface area contributed by atoms with Crippen molar-refractivity contribution in [2.75, 3.05) is 13.7 Å². The highest BCUT2D eigenvalue weighted by atomic mass is 32.2. The summed E-state index contributed by atoms with van der Waals surface area (Å²) in [6.45, 7) is 2.11. The first-order valence-electron chi connectivity index (χ1n) is 8.03. The minimum atomic E-state index is -4.45. The van der Waals surface area contributed by atoms with Gasteiger partial charge in [0, 0.05) is 11.5 Å². The zero-order valence-electron chi connectivity index (χ0n) is 14.8. The largest absolute Gasteiger partial charge is 0.497 e. The Hall–Kier alpha value is -2.49. The van der Waals surface area contributed by atoms with Gasteiger partial charge >= 0.3 is 6.18 Å². The van der Waals surface area contributed by atoms with Gasteiger partial charge in [-0.25, -0.2) is 0 Å². The standard InChI is InChI=1S/C17H17F3N4O2S/c1-9-6-14-22-23-16(27-10(2)15(25)21-8-17(18,19)20)24(14)13-7-11(26-3)4-5-12(9)13/h4-7,10H,8H2,1-3H3,(H,21,25). The molecule has 1 atom stereocenters. The quantitative estimate of drug-likeness (QED) is 0.668. The van der Waals surface area contributed by atoms with Crippen molar-refractivity contribution in [2.45, 2.75) is 30.4 Å². The van der Waals surface area contributed by atoms with Crippen molar-refractivity contribution in [3.05, 3.63) is 29.8 Å². The number of rotatable bonds is 5. The third kappa shape index (κ3) is 4.10. The van der Waals surface area contributed by atoms with Crippen molar-refractivity contribution < 1.29 is 22.7 Å². The molecule has 2 aromatic heterocycles. The lowest BCUT2D eigenvalue weighted by Gasteiger charge is -2.13. The van der Waals surface area contributed by atoms with Crippen LogP contribution in [0.3, 0.4) is 0 Å². The van der Waals surface area contributed by atoms with Crippen molar-refractivity contribution in [2.24, 2.45) is 0 Å². The van der Waals surface area contributed by atoms with Crippen LogP contribution in [-0.4, -0.2) is 45.6 Å². The molecule has 0 bridgehead atoms. The molecule has 0 saturated heterocycles. The van der Waals surface area contributed by atoms with Crippen molar-refractivity contribution in [1.29, 1.82) is 0 Å². The van der Waals surface area contributed by atoms with E-state index in [1.807, 2.05) is 36.5 Å². The fourth-order valence-electron chi connectivity index (χ4n) is 2.65. The van der Waals surface area contributed by atoms with Crippen LogP contribution in [0.4, 0.5) is 13.2 Å². The fourth-order valence-corrected chi connectivity index (χ4v) is 3.54. The first-order valence-corrected chi connectivity index (χ1v) is 8.91. The molecule has 1 N–H and O–H groups in total. The number of fused-ring (bicyclic) bond motifs is 3. The Balaban J connectivity index is 1.95. The predicted octanol–water partition coefficient (Wildman–Crippen LogP) is 3.36. The Morgan fingerprint density at radius 3 is 2.74 bits per heavy atom. The topological polar surface area (TPSA) is 68.5 Å². The second-order valence-electron chi connectivity index (χ2n) is 5.98. The zero-order valence-corrected chi connectivity index (χ0v) is 15.6. The molecular weight excluding hydrogens is 381 g/mol. The molecule has 1 unspecified atom stereocenters. The molecule has 0 saturated carbocycles. The van der Waals surface area contributed by atoms with Crippen LogP contribution in [0.1, 0.15) is 12.5 Å². The number of pyridine rings is 1. The van der Waals surface area contributed by atoms with Gasteiger partial charge in [0.2, 0.25) is 5.91 Å². The number of alkyl halides is 3. The van der Waals surface area contributed by atoms with Crippen molar-refractivity contribution in [3.8, 4) is 5.75 Å². The van der Waals surface area contributed by atoms with Gasteiger partial charge in [-0.3, -0.25) is 9.20 Å². The van der Waals surface area contributed by atoms with Crippen LogP contribution in [0.25, 0.3) is 16.6 Å². The number of nitrogens with one attached hydrogen (secondary N) is 1. The number of hydrogen-bond acceptors (Lipinski definition) is 5. The van der Waals surface area contributed by atoms with Gasteiger partial charge in [0.1, 0.15) is 12.3 Å². The minimum Gasteiger partial charge on any atom is -0.497 e. The maximum absolute atomic E-state index is 12.3. The molecule has 0 aliphatic rings. The lowest BCUT2D eigenvalue weighted by Crippen LogP contribution is -2.38. The molecule has 6 nitrogen and oxygen atoms in total. The Bertz CT molecular complexity index is 1000. The van der Waals surface area contributed by atoms with Gasteiger partial charge in [-0.15, -0.1) is 10.2 Å². The molecule has 0 aliphatic carbocycles. The Labute approximate surface area is 157 Å². The van der Waals surface area contributed by atoms with Crippen LogP contribution in [0.2, 0.25) is 0 Å². The number of carbonyl (C=O) groups excluding carboxylic acids is 1. The maximum Gasteiger partial charge on any atom is 0.405 e. The number of aromatic nitrogens is 3. The summed E-state index contributed by atoms with van der Waals surface area (Å²) < 4.78 is 43.9. The molecular formula is C17H17F3N4O2S. The molecule has 2 heterocycles. The molecule has 0 fully saturated rings. The number of hydrogen-bond donors (Lipinski definition) is 1. The molecule has 3 rings (SSSR count). The number of carbonyl (C=O) groups is 1. The fraction of sp³-hybridized carbons (Fsp3) is 0.353. The smallest absolute Gasteiger partial charge is 0.405 e. The number of ether oxygens (including phenoxy) is 1. The van der Waals surface area contributed by atoms with Crippen LogP contribution in [0.15, 0.2) is 29.4 Å². The van der Waals surface area contributed by atoms with E-state index in [1.54, 1.807) is 11.5 Å². The average Bonchev–Trinajstić information content (AvgIpc) is 3.01. The molecule has 0 radical (unpaired) electrons. The molecule has 1 aromatic carbocycles.